The Balaban J connectivity index is 1.85. The normalized spacial score (nSPS) is 10.5. The van der Waals surface area contributed by atoms with Crippen molar-refractivity contribution in [2.45, 2.75) is 6.54 Å². The molecule has 1 aromatic heterocycles. The van der Waals surface area contributed by atoms with E-state index in [1.54, 1.807) is 30.3 Å². The van der Waals surface area contributed by atoms with Crippen molar-refractivity contribution in [2.24, 2.45) is 0 Å². The highest BCUT2D eigenvalue weighted by Gasteiger charge is 2.13. The fourth-order valence-corrected chi connectivity index (χ4v) is 2.87. The molecule has 29 heavy (non-hydrogen) atoms. The maximum absolute atomic E-state index is 12.8. The third-order valence-corrected chi connectivity index (χ3v) is 4.31. The fourth-order valence-electron chi connectivity index (χ4n) is 2.87. The Morgan fingerprint density at radius 1 is 0.931 bits per heavy atom. The molecule has 3 aromatic rings. The Hall–Kier alpha value is -3.75. The van der Waals surface area contributed by atoms with E-state index in [1.165, 1.54) is 39.3 Å². The largest absolute Gasteiger partial charge is 0.493 e. The summed E-state index contributed by atoms with van der Waals surface area (Å²) >= 11 is 0. The van der Waals surface area contributed by atoms with Gasteiger partial charge >= 0.3 is 0 Å². The Bertz CT molecular complexity index is 1110. The van der Waals surface area contributed by atoms with Gasteiger partial charge in [-0.25, -0.2) is 4.98 Å². The minimum Gasteiger partial charge on any atom is -0.493 e. The first-order valence-corrected chi connectivity index (χ1v) is 8.63. The molecular weight excluding hydrogens is 378 g/mol. The summed E-state index contributed by atoms with van der Waals surface area (Å²) in [6.45, 7) is -0.204. The Morgan fingerprint density at radius 3 is 2.21 bits per heavy atom. The summed E-state index contributed by atoms with van der Waals surface area (Å²) in [4.78, 5) is 29.5. The summed E-state index contributed by atoms with van der Waals surface area (Å²) in [6.07, 6.45) is 1.32. The van der Waals surface area contributed by atoms with Crippen molar-refractivity contribution in [2.75, 3.05) is 33.8 Å². The number of carbonyl (C=O) groups is 1. The van der Waals surface area contributed by atoms with E-state index in [0.717, 1.165) is 0 Å². The zero-order valence-corrected chi connectivity index (χ0v) is 16.5. The average Bonchev–Trinajstić information content (AvgIpc) is 2.74. The lowest BCUT2D eigenvalue weighted by atomic mass is 10.2. The van der Waals surface area contributed by atoms with E-state index in [1.807, 2.05) is 0 Å². The lowest BCUT2D eigenvalue weighted by Crippen LogP contribution is -2.28. The van der Waals surface area contributed by atoms with Crippen LogP contribution in [-0.2, 0) is 11.3 Å². The van der Waals surface area contributed by atoms with Crippen molar-refractivity contribution in [1.82, 2.24) is 9.55 Å². The number of fused-ring (bicyclic) bond motifs is 1. The van der Waals surface area contributed by atoms with Crippen LogP contribution < -0.4 is 29.8 Å². The predicted octanol–water partition coefficient (Wildman–Crippen LogP) is 2.07. The molecule has 9 heteroatoms. The molecule has 0 bridgehead atoms. The highest BCUT2D eigenvalue weighted by molar-refractivity contribution is 5.91. The number of amides is 1. The Labute approximate surface area is 166 Å². The monoisotopic (exact) mass is 399 g/mol. The average molecular weight is 399 g/mol. The molecule has 0 aliphatic rings. The van der Waals surface area contributed by atoms with Gasteiger partial charge in [0, 0.05) is 17.8 Å². The van der Waals surface area contributed by atoms with Crippen molar-refractivity contribution in [3.63, 3.8) is 0 Å². The molecule has 1 amide bonds. The van der Waals surface area contributed by atoms with Crippen LogP contribution in [0.4, 0.5) is 5.69 Å². The van der Waals surface area contributed by atoms with E-state index in [4.69, 9.17) is 18.9 Å². The molecule has 1 heterocycles. The van der Waals surface area contributed by atoms with Crippen molar-refractivity contribution in [1.29, 1.82) is 0 Å². The van der Waals surface area contributed by atoms with E-state index in [-0.39, 0.29) is 18.0 Å². The molecule has 2 aromatic carbocycles. The number of rotatable bonds is 7. The van der Waals surface area contributed by atoms with Gasteiger partial charge < -0.3 is 24.3 Å². The van der Waals surface area contributed by atoms with Gasteiger partial charge in [0.15, 0.2) is 23.0 Å². The number of methoxy groups -OCH3 is 4. The number of ether oxygens (including phenoxy) is 4. The second-order valence-electron chi connectivity index (χ2n) is 6.02. The summed E-state index contributed by atoms with van der Waals surface area (Å²) in [5, 5.41) is 3.05. The van der Waals surface area contributed by atoms with Crippen molar-refractivity contribution in [3.05, 3.63) is 47.0 Å². The first-order valence-electron chi connectivity index (χ1n) is 8.63. The molecule has 0 fully saturated rings. The molecule has 0 saturated heterocycles. The summed E-state index contributed by atoms with van der Waals surface area (Å²) in [7, 11) is 6.02. The van der Waals surface area contributed by atoms with Gasteiger partial charge in [-0.15, -0.1) is 0 Å². The van der Waals surface area contributed by atoms with E-state index in [2.05, 4.69) is 10.3 Å². The summed E-state index contributed by atoms with van der Waals surface area (Å²) < 4.78 is 22.1. The standard InChI is InChI=1S/C20H21N3O6/c1-26-15-6-5-12(7-16(15)27-2)22-19(24)10-23-11-21-14-9-18(29-4)17(28-3)8-13(14)20(23)25/h5-9,11H,10H2,1-4H3,(H,22,24). The zero-order valence-electron chi connectivity index (χ0n) is 16.5. The Morgan fingerprint density at radius 2 is 1.55 bits per heavy atom. The minimum absolute atomic E-state index is 0.204. The van der Waals surface area contributed by atoms with Crippen LogP contribution in [0.5, 0.6) is 23.0 Å². The lowest BCUT2D eigenvalue weighted by Gasteiger charge is -2.12. The highest BCUT2D eigenvalue weighted by Crippen LogP contribution is 2.30. The summed E-state index contributed by atoms with van der Waals surface area (Å²) in [5.74, 6) is 1.52. The second-order valence-corrected chi connectivity index (χ2v) is 6.02. The van der Waals surface area contributed by atoms with Crippen LogP contribution in [-0.4, -0.2) is 43.9 Å². The number of aromatic nitrogens is 2. The third kappa shape index (κ3) is 4.08. The molecule has 0 spiro atoms. The number of anilines is 1. The van der Waals surface area contributed by atoms with E-state index in [0.29, 0.717) is 39.6 Å². The number of hydrogen-bond donors (Lipinski definition) is 1. The number of hydrogen-bond acceptors (Lipinski definition) is 7. The lowest BCUT2D eigenvalue weighted by molar-refractivity contribution is -0.116. The van der Waals surface area contributed by atoms with Gasteiger partial charge in [-0.3, -0.25) is 14.2 Å². The smallest absolute Gasteiger partial charge is 0.261 e. The van der Waals surface area contributed by atoms with Gasteiger partial charge in [-0.1, -0.05) is 0 Å². The zero-order chi connectivity index (χ0) is 21.0. The third-order valence-electron chi connectivity index (χ3n) is 4.31. The van der Waals surface area contributed by atoms with Gasteiger partial charge in [-0.05, 0) is 18.2 Å². The predicted molar refractivity (Wildman–Crippen MR) is 107 cm³/mol. The van der Waals surface area contributed by atoms with Crippen molar-refractivity contribution in [3.8, 4) is 23.0 Å². The van der Waals surface area contributed by atoms with E-state index >= 15 is 0 Å². The van der Waals surface area contributed by atoms with Gasteiger partial charge in [-0.2, -0.15) is 0 Å². The molecule has 0 unspecified atom stereocenters. The number of nitrogens with zero attached hydrogens (tertiary/aromatic N) is 2. The highest BCUT2D eigenvalue weighted by atomic mass is 16.5. The van der Waals surface area contributed by atoms with Crippen LogP contribution >= 0.6 is 0 Å². The van der Waals surface area contributed by atoms with Gasteiger partial charge in [0.2, 0.25) is 5.91 Å². The molecule has 0 atom stereocenters. The van der Waals surface area contributed by atoms with Crippen LogP contribution in [0.2, 0.25) is 0 Å². The van der Waals surface area contributed by atoms with Crippen LogP contribution in [0.1, 0.15) is 0 Å². The van der Waals surface area contributed by atoms with Crippen LogP contribution in [0.25, 0.3) is 10.9 Å². The molecule has 9 nitrogen and oxygen atoms in total. The van der Waals surface area contributed by atoms with Crippen molar-refractivity contribution < 1.29 is 23.7 Å². The topological polar surface area (TPSA) is 101 Å². The molecule has 0 aliphatic carbocycles. The fraction of sp³-hybridized carbons (Fsp3) is 0.250. The number of nitrogens with one attached hydrogen (secondary N) is 1. The Kier molecular flexibility index (Phi) is 5.87. The number of carbonyl (C=O) groups excluding carboxylic acids is 1. The molecule has 0 saturated carbocycles. The van der Waals surface area contributed by atoms with Gasteiger partial charge in [0.1, 0.15) is 6.54 Å². The molecule has 0 aliphatic heterocycles. The van der Waals surface area contributed by atoms with Crippen LogP contribution in [0.3, 0.4) is 0 Å². The quantitative estimate of drug-likeness (QED) is 0.649. The number of benzene rings is 2. The van der Waals surface area contributed by atoms with Gasteiger partial charge in [0.25, 0.3) is 5.56 Å². The van der Waals surface area contributed by atoms with Gasteiger partial charge in [0.05, 0.1) is 45.7 Å². The van der Waals surface area contributed by atoms with Crippen molar-refractivity contribution >= 4 is 22.5 Å². The van der Waals surface area contributed by atoms with E-state index in [9.17, 15) is 9.59 Å². The second kappa shape index (κ2) is 8.51. The summed E-state index contributed by atoms with van der Waals surface area (Å²) in [5.41, 5.74) is 0.600. The molecule has 1 N–H and O–H groups in total. The molecular formula is C20H21N3O6. The molecule has 3 rings (SSSR count). The maximum atomic E-state index is 12.8. The molecule has 152 valence electrons. The first-order chi connectivity index (χ1) is 14.0. The van der Waals surface area contributed by atoms with Crippen LogP contribution in [0.15, 0.2) is 41.5 Å². The minimum atomic E-state index is -0.388. The van der Waals surface area contributed by atoms with Crippen LogP contribution in [0, 0.1) is 0 Å². The van der Waals surface area contributed by atoms with E-state index < -0.39 is 0 Å². The first kappa shape index (κ1) is 20.0. The summed E-state index contributed by atoms with van der Waals surface area (Å²) in [6, 6.07) is 8.15. The maximum Gasteiger partial charge on any atom is 0.261 e. The SMILES string of the molecule is COc1ccc(NC(=O)Cn2cnc3cc(OC)c(OC)cc3c2=O)cc1OC. The molecule has 0 radical (unpaired) electrons.